The van der Waals surface area contributed by atoms with Gasteiger partial charge in [0.2, 0.25) is 0 Å². The first kappa shape index (κ1) is 12.9. The highest BCUT2D eigenvalue weighted by atomic mass is 79.9. The monoisotopic (exact) mass is 350 g/mol. The minimum atomic E-state index is -4.77. The number of alkyl halides is 3. The lowest BCUT2D eigenvalue weighted by atomic mass is 10.1. The van der Waals surface area contributed by atoms with Gasteiger partial charge in [-0.05, 0) is 49.6 Å². The molecule has 15 heavy (non-hydrogen) atoms. The molecule has 0 aliphatic carbocycles. The SMILES string of the molecule is O[C@@H](c1cc(Br)c(F)c(Br)c1)C(F)(F)F. The van der Waals surface area contributed by atoms with Crippen molar-refractivity contribution in [2.45, 2.75) is 12.3 Å². The van der Waals surface area contributed by atoms with E-state index >= 15 is 0 Å². The Morgan fingerprint density at radius 3 is 1.87 bits per heavy atom. The zero-order valence-corrected chi connectivity index (χ0v) is 10.1. The van der Waals surface area contributed by atoms with Crippen LogP contribution >= 0.6 is 31.9 Å². The van der Waals surface area contributed by atoms with Crippen molar-refractivity contribution in [2.24, 2.45) is 0 Å². The van der Waals surface area contributed by atoms with E-state index in [9.17, 15) is 17.6 Å². The third kappa shape index (κ3) is 2.92. The first-order valence-corrected chi connectivity index (χ1v) is 5.21. The van der Waals surface area contributed by atoms with Gasteiger partial charge in [0, 0.05) is 0 Å². The van der Waals surface area contributed by atoms with E-state index in [4.69, 9.17) is 5.11 Å². The van der Waals surface area contributed by atoms with Crippen molar-refractivity contribution in [1.82, 2.24) is 0 Å². The maximum Gasteiger partial charge on any atom is 0.418 e. The van der Waals surface area contributed by atoms with Crippen LogP contribution in [0.4, 0.5) is 17.6 Å². The average Bonchev–Trinajstić information content (AvgIpc) is 2.10. The van der Waals surface area contributed by atoms with Crippen molar-refractivity contribution in [1.29, 1.82) is 0 Å². The maximum absolute atomic E-state index is 13.0. The Morgan fingerprint density at radius 1 is 1.13 bits per heavy atom. The molecule has 1 aromatic carbocycles. The fraction of sp³-hybridized carbons (Fsp3) is 0.250. The van der Waals surface area contributed by atoms with Crippen molar-refractivity contribution in [3.8, 4) is 0 Å². The average molecular weight is 352 g/mol. The van der Waals surface area contributed by atoms with Crippen molar-refractivity contribution in [3.05, 3.63) is 32.5 Å². The lowest BCUT2D eigenvalue weighted by Crippen LogP contribution is -2.20. The van der Waals surface area contributed by atoms with Crippen LogP contribution in [-0.4, -0.2) is 11.3 Å². The Balaban J connectivity index is 3.17. The molecular formula is C8H4Br2F4O. The fourth-order valence-electron chi connectivity index (χ4n) is 0.922. The molecule has 0 bridgehead atoms. The van der Waals surface area contributed by atoms with Crippen LogP contribution in [0, 0.1) is 5.82 Å². The molecule has 0 saturated carbocycles. The van der Waals surface area contributed by atoms with Crippen molar-refractivity contribution >= 4 is 31.9 Å². The minimum absolute atomic E-state index is 0.143. The third-order valence-corrected chi connectivity index (χ3v) is 2.79. The molecule has 0 fully saturated rings. The standard InChI is InChI=1S/C8H4Br2F4O/c9-4-1-3(2-5(10)6(4)11)7(15)8(12,13)14/h1-2,7,15H/t7-/m0/s1. The molecule has 0 heterocycles. The molecule has 7 heteroatoms. The van der Waals surface area contributed by atoms with E-state index in [2.05, 4.69) is 31.9 Å². The molecule has 84 valence electrons. The molecule has 0 radical (unpaired) electrons. The van der Waals surface area contributed by atoms with E-state index in [-0.39, 0.29) is 8.95 Å². The van der Waals surface area contributed by atoms with Crippen molar-refractivity contribution < 1.29 is 22.7 Å². The molecule has 1 aromatic rings. The van der Waals surface area contributed by atoms with E-state index in [0.717, 1.165) is 12.1 Å². The molecule has 0 unspecified atom stereocenters. The summed E-state index contributed by atoms with van der Waals surface area (Å²) in [5, 5.41) is 8.91. The van der Waals surface area contributed by atoms with Crippen LogP contribution < -0.4 is 0 Å². The van der Waals surface area contributed by atoms with Crippen LogP contribution in [0.25, 0.3) is 0 Å². The summed E-state index contributed by atoms with van der Waals surface area (Å²) in [4.78, 5) is 0. The van der Waals surface area contributed by atoms with Gasteiger partial charge < -0.3 is 5.11 Å². The zero-order valence-electron chi connectivity index (χ0n) is 6.95. The summed E-state index contributed by atoms with van der Waals surface area (Å²) in [5.74, 6) is -0.715. The summed E-state index contributed by atoms with van der Waals surface area (Å²) < 4.78 is 49.1. The van der Waals surface area contributed by atoms with Gasteiger partial charge in [-0.25, -0.2) is 4.39 Å². The molecule has 1 atom stereocenters. The van der Waals surface area contributed by atoms with Gasteiger partial charge in [0.05, 0.1) is 8.95 Å². The number of aliphatic hydroxyl groups excluding tert-OH is 1. The highest BCUT2D eigenvalue weighted by Crippen LogP contribution is 2.36. The van der Waals surface area contributed by atoms with Crippen LogP contribution in [0.5, 0.6) is 0 Å². The van der Waals surface area contributed by atoms with Crippen LogP contribution in [0.3, 0.4) is 0 Å². The van der Waals surface area contributed by atoms with Crippen LogP contribution in [0.1, 0.15) is 11.7 Å². The Morgan fingerprint density at radius 2 is 1.53 bits per heavy atom. The Labute approximate surface area is 99.4 Å². The lowest BCUT2D eigenvalue weighted by molar-refractivity contribution is -0.206. The summed E-state index contributed by atoms with van der Waals surface area (Å²) in [5.41, 5.74) is -0.428. The minimum Gasteiger partial charge on any atom is -0.379 e. The molecular weight excluding hydrogens is 348 g/mol. The summed E-state index contributed by atoms with van der Waals surface area (Å²) in [7, 11) is 0. The molecule has 1 rings (SSSR count). The third-order valence-electron chi connectivity index (χ3n) is 1.63. The van der Waals surface area contributed by atoms with Gasteiger partial charge >= 0.3 is 6.18 Å². The molecule has 0 aromatic heterocycles. The van der Waals surface area contributed by atoms with E-state index in [1.165, 1.54) is 0 Å². The first-order chi connectivity index (χ1) is 6.73. The second-order valence-electron chi connectivity index (χ2n) is 2.74. The Bertz CT molecular complexity index is 354. The number of halogens is 6. The molecule has 0 aliphatic heterocycles. The smallest absolute Gasteiger partial charge is 0.379 e. The number of hydrogen-bond donors (Lipinski definition) is 1. The largest absolute Gasteiger partial charge is 0.418 e. The molecule has 1 nitrogen and oxygen atoms in total. The maximum atomic E-state index is 13.0. The van der Waals surface area contributed by atoms with E-state index < -0.39 is 23.7 Å². The second-order valence-corrected chi connectivity index (χ2v) is 4.45. The molecule has 0 aliphatic rings. The Hall–Kier alpha value is -0.140. The Kier molecular flexibility index (Phi) is 3.78. The number of rotatable bonds is 1. The lowest BCUT2D eigenvalue weighted by Gasteiger charge is -2.15. The zero-order chi connectivity index (χ0) is 11.8. The van der Waals surface area contributed by atoms with E-state index in [1.807, 2.05) is 0 Å². The number of benzene rings is 1. The normalized spacial score (nSPS) is 14.1. The molecule has 0 spiro atoms. The van der Waals surface area contributed by atoms with E-state index in [1.54, 1.807) is 0 Å². The van der Waals surface area contributed by atoms with Gasteiger partial charge in [-0.3, -0.25) is 0 Å². The summed E-state index contributed by atoms with van der Waals surface area (Å²) in [6.07, 6.45) is -7.39. The van der Waals surface area contributed by atoms with E-state index in [0.29, 0.717) is 0 Å². The van der Waals surface area contributed by atoms with Gasteiger partial charge in [0.15, 0.2) is 11.9 Å². The van der Waals surface area contributed by atoms with Gasteiger partial charge in [-0.2, -0.15) is 13.2 Å². The summed E-state index contributed by atoms with van der Waals surface area (Å²) in [6, 6.07) is 1.77. The molecule has 0 amide bonds. The van der Waals surface area contributed by atoms with Crippen LogP contribution in [0.15, 0.2) is 21.1 Å². The first-order valence-electron chi connectivity index (χ1n) is 3.62. The quantitative estimate of drug-likeness (QED) is 0.600. The van der Waals surface area contributed by atoms with Gasteiger partial charge in [0.25, 0.3) is 0 Å². The van der Waals surface area contributed by atoms with Gasteiger partial charge in [0.1, 0.15) is 0 Å². The van der Waals surface area contributed by atoms with Crippen LogP contribution in [-0.2, 0) is 0 Å². The van der Waals surface area contributed by atoms with Crippen molar-refractivity contribution in [2.75, 3.05) is 0 Å². The highest BCUT2D eigenvalue weighted by molar-refractivity contribution is 9.11. The van der Waals surface area contributed by atoms with Gasteiger partial charge in [-0.1, -0.05) is 0 Å². The molecule has 1 N–H and O–H groups in total. The predicted octanol–water partition coefficient (Wildman–Crippen LogP) is 3.95. The van der Waals surface area contributed by atoms with Crippen LogP contribution in [0.2, 0.25) is 0 Å². The van der Waals surface area contributed by atoms with Crippen molar-refractivity contribution in [3.63, 3.8) is 0 Å². The highest BCUT2D eigenvalue weighted by Gasteiger charge is 2.39. The summed E-state index contributed by atoms with van der Waals surface area (Å²) in [6.45, 7) is 0. The number of hydrogen-bond acceptors (Lipinski definition) is 1. The fourth-order valence-corrected chi connectivity index (χ4v) is 2.14. The van der Waals surface area contributed by atoms with Gasteiger partial charge in [-0.15, -0.1) is 0 Å². The summed E-state index contributed by atoms with van der Waals surface area (Å²) >= 11 is 5.50. The topological polar surface area (TPSA) is 20.2 Å². The number of aliphatic hydroxyl groups is 1. The second kappa shape index (κ2) is 4.39. The predicted molar refractivity (Wildman–Crippen MR) is 52.8 cm³/mol. The molecule has 0 saturated heterocycles.